The first kappa shape index (κ1) is 12.0. The number of benzene rings is 1. The topological polar surface area (TPSA) is 0 Å². The van der Waals surface area contributed by atoms with E-state index in [9.17, 15) is 0 Å². The van der Waals surface area contributed by atoms with E-state index < -0.39 is 0 Å². The first-order chi connectivity index (χ1) is 7.00. The minimum absolute atomic E-state index is 0.470. The van der Waals surface area contributed by atoms with Crippen LogP contribution in [0.3, 0.4) is 0 Å². The van der Waals surface area contributed by atoms with E-state index in [1.54, 1.807) is 0 Å². The van der Waals surface area contributed by atoms with Crippen molar-refractivity contribution in [1.82, 2.24) is 0 Å². The molecule has 1 atom stereocenters. The number of allylic oxidation sites excluding steroid dienone is 1. The molecule has 0 bridgehead atoms. The third kappa shape index (κ3) is 3.54. The molecule has 0 aliphatic carbocycles. The fourth-order valence-corrected chi connectivity index (χ4v) is 1.70. The standard InChI is InChI=1S/C15H22/c1-11(2)10-14-6-8-15(9-7-14)13(5)12(3)4/h6-9,11,13H,3,10H2,1-2,4-5H3. The molecule has 0 heterocycles. The summed E-state index contributed by atoms with van der Waals surface area (Å²) in [6, 6.07) is 8.96. The van der Waals surface area contributed by atoms with Crippen LogP contribution < -0.4 is 0 Å². The SMILES string of the molecule is C=C(C)C(C)c1ccc(CC(C)C)cc1. The predicted octanol–water partition coefficient (Wildman–Crippen LogP) is 4.56. The van der Waals surface area contributed by atoms with Crippen LogP contribution in [0.4, 0.5) is 0 Å². The van der Waals surface area contributed by atoms with Gasteiger partial charge in [0.05, 0.1) is 0 Å². The van der Waals surface area contributed by atoms with Gasteiger partial charge in [-0.1, -0.05) is 57.2 Å². The predicted molar refractivity (Wildman–Crippen MR) is 68.2 cm³/mol. The van der Waals surface area contributed by atoms with Gasteiger partial charge in [0.1, 0.15) is 0 Å². The zero-order valence-electron chi connectivity index (χ0n) is 10.4. The second kappa shape index (κ2) is 5.16. The molecule has 0 spiro atoms. The van der Waals surface area contributed by atoms with Crippen LogP contribution in [-0.2, 0) is 6.42 Å². The molecule has 0 fully saturated rings. The highest BCUT2D eigenvalue weighted by molar-refractivity contribution is 5.29. The van der Waals surface area contributed by atoms with Crippen LogP contribution in [0.5, 0.6) is 0 Å². The second-order valence-electron chi connectivity index (χ2n) is 4.91. The molecule has 1 aromatic carbocycles. The summed E-state index contributed by atoms with van der Waals surface area (Å²) in [6.45, 7) is 12.8. The van der Waals surface area contributed by atoms with Crippen LogP contribution in [0.1, 0.15) is 44.7 Å². The molecule has 0 saturated carbocycles. The van der Waals surface area contributed by atoms with Crippen LogP contribution in [0.15, 0.2) is 36.4 Å². The van der Waals surface area contributed by atoms with Crippen molar-refractivity contribution in [2.75, 3.05) is 0 Å². The van der Waals surface area contributed by atoms with Crippen molar-refractivity contribution in [3.8, 4) is 0 Å². The van der Waals surface area contributed by atoms with Crippen LogP contribution in [0, 0.1) is 5.92 Å². The van der Waals surface area contributed by atoms with E-state index in [-0.39, 0.29) is 0 Å². The Kier molecular flexibility index (Phi) is 4.14. The Morgan fingerprint density at radius 2 is 1.67 bits per heavy atom. The van der Waals surface area contributed by atoms with E-state index in [0.29, 0.717) is 5.92 Å². The Bertz CT molecular complexity index is 316. The molecule has 0 heteroatoms. The Labute approximate surface area is 94.0 Å². The third-order valence-corrected chi connectivity index (χ3v) is 2.86. The lowest BCUT2D eigenvalue weighted by Crippen LogP contribution is -1.97. The molecule has 1 unspecified atom stereocenters. The Morgan fingerprint density at radius 1 is 1.13 bits per heavy atom. The summed E-state index contributed by atoms with van der Waals surface area (Å²) in [6.07, 6.45) is 1.17. The average Bonchev–Trinajstić information content (AvgIpc) is 2.17. The van der Waals surface area contributed by atoms with Crippen LogP contribution in [0.2, 0.25) is 0 Å². The van der Waals surface area contributed by atoms with E-state index >= 15 is 0 Å². The third-order valence-electron chi connectivity index (χ3n) is 2.86. The van der Waals surface area contributed by atoms with Gasteiger partial charge >= 0.3 is 0 Å². The molecule has 0 saturated heterocycles. The lowest BCUT2D eigenvalue weighted by molar-refractivity contribution is 0.647. The highest BCUT2D eigenvalue weighted by Gasteiger charge is 2.05. The minimum atomic E-state index is 0.470. The van der Waals surface area contributed by atoms with Gasteiger partial charge in [-0.3, -0.25) is 0 Å². The van der Waals surface area contributed by atoms with Crippen molar-refractivity contribution >= 4 is 0 Å². The lowest BCUT2D eigenvalue weighted by atomic mass is 9.93. The number of hydrogen-bond acceptors (Lipinski definition) is 0. The molecule has 0 aromatic heterocycles. The second-order valence-corrected chi connectivity index (χ2v) is 4.91. The summed E-state index contributed by atoms with van der Waals surface area (Å²) < 4.78 is 0. The summed E-state index contributed by atoms with van der Waals surface area (Å²) >= 11 is 0. The molecule has 0 aliphatic rings. The fraction of sp³-hybridized carbons (Fsp3) is 0.467. The van der Waals surface area contributed by atoms with E-state index in [1.807, 2.05) is 0 Å². The van der Waals surface area contributed by atoms with Crippen LogP contribution in [0.25, 0.3) is 0 Å². The average molecular weight is 202 g/mol. The number of hydrogen-bond donors (Lipinski definition) is 0. The summed E-state index contributed by atoms with van der Waals surface area (Å²) in [7, 11) is 0. The van der Waals surface area contributed by atoms with Gasteiger partial charge in [0.2, 0.25) is 0 Å². The zero-order chi connectivity index (χ0) is 11.4. The highest BCUT2D eigenvalue weighted by atomic mass is 14.1. The summed E-state index contributed by atoms with van der Waals surface area (Å²) in [5.41, 5.74) is 4.03. The van der Waals surface area contributed by atoms with Crippen molar-refractivity contribution in [3.05, 3.63) is 47.5 Å². The van der Waals surface area contributed by atoms with Gasteiger partial charge in [-0.15, -0.1) is 0 Å². The van der Waals surface area contributed by atoms with Gasteiger partial charge in [-0.25, -0.2) is 0 Å². The molecule has 82 valence electrons. The van der Waals surface area contributed by atoms with E-state index in [2.05, 4.69) is 58.5 Å². The van der Waals surface area contributed by atoms with E-state index in [0.717, 1.165) is 5.92 Å². The summed E-state index contributed by atoms with van der Waals surface area (Å²) in [4.78, 5) is 0. The van der Waals surface area contributed by atoms with Crippen molar-refractivity contribution in [2.45, 2.75) is 40.0 Å². The fourth-order valence-electron chi connectivity index (χ4n) is 1.70. The van der Waals surface area contributed by atoms with Crippen molar-refractivity contribution in [1.29, 1.82) is 0 Å². The minimum Gasteiger partial charge on any atom is -0.0995 e. The van der Waals surface area contributed by atoms with Gasteiger partial charge in [0.25, 0.3) is 0 Å². The molecule has 0 amide bonds. The normalized spacial score (nSPS) is 12.9. The van der Waals surface area contributed by atoms with Gasteiger partial charge in [0, 0.05) is 5.92 Å². The summed E-state index contributed by atoms with van der Waals surface area (Å²) in [5, 5.41) is 0. The Morgan fingerprint density at radius 3 is 2.07 bits per heavy atom. The molecule has 0 radical (unpaired) electrons. The monoisotopic (exact) mass is 202 g/mol. The summed E-state index contributed by atoms with van der Waals surface area (Å²) in [5.74, 6) is 1.20. The van der Waals surface area contributed by atoms with Crippen LogP contribution >= 0.6 is 0 Å². The van der Waals surface area contributed by atoms with Gasteiger partial charge in [0.15, 0.2) is 0 Å². The van der Waals surface area contributed by atoms with Gasteiger partial charge in [-0.2, -0.15) is 0 Å². The highest BCUT2D eigenvalue weighted by Crippen LogP contribution is 2.22. The quantitative estimate of drug-likeness (QED) is 0.628. The van der Waals surface area contributed by atoms with Gasteiger partial charge in [-0.05, 0) is 30.4 Å². The molecular weight excluding hydrogens is 180 g/mol. The molecule has 1 rings (SSSR count). The molecule has 15 heavy (non-hydrogen) atoms. The van der Waals surface area contributed by atoms with Crippen LogP contribution in [-0.4, -0.2) is 0 Å². The first-order valence-electron chi connectivity index (χ1n) is 5.75. The molecular formula is C15H22. The molecule has 1 aromatic rings. The van der Waals surface area contributed by atoms with E-state index in [4.69, 9.17) is 0 Å². The molecule has 0 aliphatic heterocycles. The van der Waals surface area contributed by atoms with Crippen molar-refractivity contribution in [3.63, 3.8) is 0 Å². The van der Waals surface area contributed by atoms with E-state index in [1.165, 1.54) is 23.1 Å². The smallest absolute Gasteiger partial charge is 0.00143 e. The Hall–Kier alpha value is -1.04. The first-order valence-corrected chi connectivity index (χ1v) is 5.75. The lowest BCUT2D eigenvalue weighted by Gasteiger charge is -2.12. The molecule has 0 nitrogen and oxygen atoms in total. The maximum absolute atomic E-state index is 4.00. The molecule has 0 N–H and O–H groups in total. The van der Waals surface area contributed by atoms with Gasteiger partial charge < -0.3 is 0 Å². The Balaban J connectivity index is 2.76. The maximum atomic E-state index is 4.00. The largest absolute Gasteiger partial charge is 0.0995 e. The van der Waals surface area contributed by atoms with Crippen molar-refractivity contribution < 1.29 is 0 Å². The number of rotatable bonds is 4. The van der Waals surface area contributed by atoms with Crippen molar-refractivity contribution in [2.24, 2.45) is 5.92 Å². The zero-order valence-corrected chi connectivity index (χ0v) is 10.4. The maximum Gasteiger partial charge on any atom is 0.00143 e.